The predicted molar refractivity (Wildman–Crippen MR) is 194 cm³/mol. The van der Waals surface area contributed by atoms with Gasteiger partial charge in [-0.15, -0.1) is 11.3 Å². The number of fused-ring (bicyclic) bond motifs is 7. The third-order valence-electron chi connectivity index (χ3n) is 8.78. The Kier molecular flexibility index (Phi) is 6.03. The van der Waals surface area contributed by atoms with Crippen LogP contribution >= 0.6 is 11.3 Å². The zero-order chi connectivity index (χ0) is 29.7. The first-order chi connectivity index (χ1) is 22.3. The van der Waals surface area contributed by atoms with E-state index < -0.39 is 0 Å². The third-order valence-corrected chi connectivity index (χ3v) is 9.98. The summed E-state index contributed by atoms with van der Waals surface area (Å²) >= 11 is 1.89. The van der Waals surface area contributed by atoms with Gasteiger partial charge >= 0.3 is 0 Å². The Balaban J connectivity index is 1.30. The van der Waals surface area contributed by atoms with Gasteiger partial charge in [0.25, 0.3) is 0 Å². The summed E-state index contributed by atoms with van der Waals surface area (Å²) in [6.45, 7) is 0. The van der Waals surface area contributed by atoms with Gasteiger partial charge in [0.15, 0.2) is 0 Å². The van der Waals surface area contributed by atoms with Crippen molar-refractivity contribution >= 4 is 70.4 Å². The number of nitrogens with zero attached hydrogens (tertiary/aromatic N) is 2. The van der Waals surface area contributed by atoms with Crippen LogP contribution in [-0.4, -0.2) is 4.57 Å². The van der Waals surface area contributed by atoms with Gasteiger partial charge in [-0.25, -0.2) is 0 Å². The molecule has 0 atom stereocenters. The molecule has 2 aromatic heterocycles. The number of benzene rings is 7. The number of hydrogen-bond donors (Lipinski definition) is 0. The van der Waals surface area contributed by atoms with Crippen molar-refractivity contribution in [2.45, 2.75) is 0 Å². The highest BCUT2D eigenvalue weighted by Crippen LogP contribution is 2.45. The second kappa shape index (κ2) is 10.5. The first-order valence-corrected chi connectivity index (χ1v) is 16.1. The topological polar surface area (TPSA) is 8.17 Å². The lowest BCUT2D eigenvalue weighted by atomic mass is 10.0. The zero-order valence-electron chi connectivity index (χ0n) is 24.5. The summed E-state index contributed by atoms with van der Waals surface area (Å²) in [6.07, 6.45) is 0. The molecule has 7 aromatic carbocycles. The van der Waals surface area contributed by atoms with E-state index in [9.17, 15) is 0 Å². The van der Waals surface area contributed by atoms with Crippen molar-refractivity contribution in [3.63, 3.8) is 0 Å². The highest BCUT2D eigenvalue weighted by atomic mass is 32.1. The molecule has 2 nitrogen and oxygen atoms in total. The monoisotopic (exact) mass is 592 g/mol. The van der Waals surface area contributed by atoms with Gasteiger partial charge in [-0.05, 0) is 71.8 Å². The van der Waals surface area contributed by atoms with E-state index in [0.29, 0.717) is 0 Å². The second-order valence-corrected chi connectivity index (χ2v) is 12.4. The van der Waals surface area contributed by atoms with Crippen LogP contribution in [0.15, 0.2) is 170 Å². The summed E-state index contributed by atoms with van der Waals surface area (Å²) < 4.78 is 5.10. The summed E-state index contributed by atoms with van der Waals surface area (Å²) in [5.74, 6) is 0. The number of thiophene rings is 1. The summed E-state index contributed by atoms with van der Waals surface area (Å²) in [5, 5.41) is 5.23. The van der Waals surface area contributed by atoms with Crippen molar-refractivity contribution in [2.75, 3.05) is 4.90 Å². The fourth-order valence-corrected chi connectivity index (χ4v) is 7.98. The van der Waals surface area contributed by atoms with E-state index in [1.54, 1.807) is 0 Å². The Morgan fingerprint density at radius 2 is 1.02 bits per heavy atom. The predicted octanol–water partition coefficient (Wildman–Crippen LogP) is 12.3. The highest BCUT2D eigenvalue weighted by Gasteiger charge is 2.20. The molecule has 0 amide bonds. The van der Waals surface area contributed by atoms with Crippen LogP contribution < -0.4 is 4.90 Å². The molecule has 0 bridgehead atoms. The maximum absolute atomic E-state index is 2.43. The van der Waals surface area contributed by atoms with Crippen LogP contribution in [0.5, 0.6) is 0 Å². The SMILES string of the molecule is c1ccc(-c2ccc(N(c3ccccc3)c3ccc4c5c6sc7ccccc7c6ccc5n(-c5ccccc5)c4c3)cc2)cc1. The van der Waals surface area contributed by atoms with E-state index >= 15 is 0 Å². The molecule has 3 heteroatoms. The quantitative estimate of drug-likeness (QED) is 0.193. The molecule has 212 valence electrons. The minimum absolute atomic E-state index is 1.12. The van der Waals surface area contributed by atoms with Gasteiger partial charge in [-0.2, -0.15) is 0 Å². The molecule has 0 saturated heterocycles. The molecule has 0 N–H and O–H groups in total. The average Bonchev–Trinajstić information content (AvgIpc) is 3.65. The van der Waals surface area contributed by atoms with Crippen LogP contribution in [-0.2, 0) is 0 Å². The minimum Gasteiger partial charge on any atom is -0.310 e. The fourth-order valence-electron chi connectivity index (χ4n) is 6.72. The summed E-state index contributed by atoms with van der Waals surface area (Å²) in [5.41, 5.74) is 9.37. The van der Waals surface area contributed by atoms with Crippen LogP contribution in [0.25, 0.3) is 58.8 Å². The smallest absolute Gasteiger partial charge is 0.0562 e. The molecule has 0 spiro atoms. The Bertz CT molecular complexity index is 2460. The number of anilines is 3. The molecule has 0 unspecified atom stereocenters. The zero-order valence-corrected chi connectivity index (χ0v) is 25.3. The van der Waals surface area contributed by atoms with Gasteiger partial charge in [0.2, 0.25) is 0 Å². The molecule has 0 saturated carbocycles. The first kappa shape index (κ1) is 25.8. The van der Waals surface area contributed by atoms with Crippen molar-refractivity contribution < 1.29 is 0 Å². The van der Waals surface area contributed by atoms with Crippen LogP contribution in [0, 0.1) is 0 Å². The van der Waals surface area contributed by atoms with Gasteiger partial charge in [0.05, 0.1) is 11.0 Å². The maximum atomic E-state index is 2.43. The highest BCUT2D eigenvalue weighted by molar-refractivity contribution is 7.26. The second-order valence-electron chi connectivity index (χ2n) is 11.4. The van der Waals surface area contributed by atoms with Crippen LogP contribution in [0.3, 0.4) is 0 Å². The van der Waals surface area contributed by atoms with E-state index in [-0.39, 0.29) is 0 Å². The molecule has 9 rings (SSSR count). The van der Waals surface area contributed by atoms with Gasteiger partial charge in [0.1, 0.15) is 0 Å². The Labute approximate surface area is 265 Å². The molecule has 9 aromatic rings. The van der Waals surface area contributed by atoms with Gasteiger partial charge in [-0.1, -0.05) is 109 Å². The summed E-state index contributed by atoms with van der Waals surface area (Å²) in [7, 11) is 0. The van der Waals surface area contributed by atoms with Crippen molar-refractivity contribution in [3.8, 4) is 16.8 Å². The van der Waals surface area contributed by atoms with Crippen molar-refractivity contribution in [2.24, 2.45) is 0 Å². The first-order valence-electron chi connectivity index (χ1n) is 15.3. The average molecular weight is 593 g/mol. The lowest BCUT2D eigenvalue weighted by Crippen LogP contribution is -2.10. The van der Waals surface area contributed by atoms with Crippen LogP contribution in [0.4, 0.5) is 17.1 Å². The van der Waals surface area contributed by atoms with Gasteiger partial charge in [-0.3, -0.25) is 0 Å². The Morgan fingerprint density at radius 1 is 0.422 bits per heavy atom. The normalized spacial score (nSPS) is 11.6. The number of aromatic nitrogens is 1. The molecule has 2 heterocycles. The molecule has 0 aliphatic heterocycles. The molecule has 0 aliphatic carbocycles. The maximum Gasteiger partial charge on any atom is 0.0562 e. The third kappa shape index (κ3) is 4.24. The Hall–Kier alpha value is -5.64. The number of hydrogen-bond acceptors (Lipinski definition) is 2. The molecule has 0 fully saturated rings. The summed E-state index contributed by atoms with van der Waals surface area (Å²) in [4.78, 5) is 2.36. The summed E-state index contributed by atoms with van der Waals surface area (Å²) in [6, 6.07) is 61.2. The standard InChI is InChI=1S/C42H28N2S/c1-4-12-29(13-5-1)30-20-22-33(23-21-30)43(31-14-6-2-7-15-31)34-24-25-37-39(28-34)44(32-16-8-3-9-17-32)38-27-26-36-35-18-10-11-19-40(35)45-42(36)41(37)38/h1-28H. The fraction of sp³-hybridized carbons (Fsp3) is 0. The lowest BCUT2D eigenvalue weighted by Gasteiger charge is -2.26. The van der Waals surface area contributed by atoms with E-state index in [1.807, 2.05) is 11.3 Å². The van der Waals surface area contributed by atoms with Crippen molar-refractivity contribution in [1.82, 2.24) is 4.57 Å². The minimum atomic E-state index is 1.12. The molecular weight excluding hydrogens is 565 g/mol. The van der Waals surface area contributed by atoms with E-state index in [0.717, 1.165) is 22.7 Å². The van der Waals surface area contributed by atoms with Crippen molar-refractivity contribution in [1.29, 1.82) is 0 Å². The van der Waals surface area contributed by atoms with Crippen LogP contribution in [0.2, 0.25) is 0 Å². The van der Waals surface area contributed by atoms with E-state index in [4.69, 9.17) is 0 Å². The van der Waals surface area contributed by atoms with Gasteiger partial charge in [0, 0.05) is 53.7 Å². The molecule has 0 radical (unpaired) electrons. The molecule has 45 heavy (non-hydrogen) atoms. The van der Waals surface area contributed by atoms with Crippen molar-refractivity contribution in [3.05, 3.63) is 170 Å². The molecular formula is C42H28N2S. The molecule has 0 aliphatic rings. The number of para-hydroxylation sites is 2. The van der Waals surface area contributed by atoms with E-state index in [2.05, 4.69) is 179 Å². The van der Waals surface area contributed by atoms with E-state index in [1.165, 1.54) is 53.1 Å². The van der Waals surface area contributed by atoms with Gasteiger partial charge < -0.3 is 9.47 Å². The largest absolute Gasteiger partial charge is 0.310 e. The Morgan fingerprint density at radius 3 is 1.80 bits per heavy atom. The van der Waals surface area contributed by atoms with Crippen LogP contribution in [0.1, 0.15) is 0 Å². The lowest BCUT2D eigenvalue weighted by molar-refractivity contribution is 1.18. The number of rotatable bonds is 5.